The summed E-state index contributed by atoms with van der Waals surface area (Å²) in [5.41, 5.74) is 1.13. The van der Waals surface area contributed by atoms with E-state index in [2.05, 4.69) is 9.88 Å². The monoisotopic (exact) mass is 330 g/mol. The van der Waals surface area contributed by atoms with Crippen LogP contribution in [0.3, 0.4) is 0 Å². The van der Waals surface area contributed by atoms with Gasteiger partial charge in [0.1, 0.15) is 17.7 Å². The maximum Gasteiger partial charge on any atom is 0.340 e. The van der Waals surface area contributed by atoms with Crippen LogP contribution in [0.15, 0.2) is 42.6 Å². The second-order valence-corrected chi connectivity index (χ2v) is 5.60. The molecular formula is C18H19FN2O3. The highest BCUT2D eigenvalue weighted by Crippen LogP contribution is 2.20. The van der Waals surface area contributed by atoms with Gasteiger partial charge in [-0.15, -0.1) is 0 Å². The minimum atomic E-state index is -0.461. The lowest BCUT2D eigenvalue weighted by Gasteiger charge is -2.27. The van der Waals surface area contributed by atoms with Crippen molar-refractivity contribution in [2.75, 3.05) is 31.2 Å². The molecule has 1 aromatic heterocycles. The molecule has 2 aromatic rings. The number of carbonyl (C=O) groups excluding carboxylic acids is 1. The Morgan fingerprint density at radius 1 is 1.21 bits per heavy atom. The second-order valence-electron chi connectivity index (χ2n) is 5.60. The van der Waals surface area contributed by atoms with E-state index in [4.69, 9.17) is 9.47 Å². The summed E-state index contributed by atoms with van der Waals surface area (Å²) in [5, 5.41) is 0. The number of aromatic nitrogens is 1. The Labute approximate surface area is 140 Å². The van der Waals surface area contributed by atoms with E-state index in [1.807, 2.05) is 6.07 Å². The fourth-order valence-electron chi connectivity index (χ4n) is 2.52. The van der Waals surface area contributed by atoms with E-state index in [0.29, 0.717) is 18.8 Å². The largest absolute Gasteiger partial charge is 0.454 e. The summed E-state index contributed by atoms with van der Waals surface area (Å²) < 4.78 is 23.7. The van der Waals surface area contributed by atoms with Gasteiger partial charge in [-0.25, -0.2) is 14.2 Å². The van der Waals surface area contributed by atoms with Gasteiger partial charge in [0.05, 0.1) is 18.8 Å². The number of anilines is 1. The molecule has 6 heteroatoms. The normalized spacial score (nSPS) is 15.8. The number of hydrogen-bond acceptors (Lipinski definition) is 5. The van der Waals surface area contributed by atoms with E-state index in [9.17, 15) is 9.18 Å². The van der Waals surface area contributed by atoms with Gasteiger partial charge in [-0.1, -0.05) is 12.1 Å². The Kier molecular flexibility index (Phi) is 5.05. The number of esters is 1. The Balaban J connectivity index is 1.63. The van der Waals surface area contributed by atoms with E-state index >= 15 is 0 Å². The molecule has 1 aromatic carbocycles. The number of nitrogens with zero attached hydrogens (tertiary/aromatic N) is 2. The van der Waals surface area contributed by atoms with E-state index in [1.54, 1.807) is 25.1 Å². The highest BCUT2D eigenvalue weighted by Gasteiger charge is 2.16. The zero-order valence-electron chi connectivity index (χ0n) is 13.4. The lowest BCUT2D eigenvalue weighted by molar-refractivity contribution is 0.0337. The molecule has 0 radical (unpaired) electrons. The van der Waals surface area contributed by atoms with Crippen LogP contribution in [0.1, 0.15) is 28.9 Å². The van der Waals surface area contributed by atoms with Gasteiger partial charge in [0, 0.05) is 19.3 Å². The van der Waals surface area contributed by atoms with Crippen LogP contribution >= 0.6 is 0 Å². The maximum absolute atomic E-state index is 12.9. The molecule has 0 spiro atoms. The van der Waals surface area contributed by atoms with E-state index < -0.39 is 12.1 Å². The van der Waals surface area contributed by atoms with Crippen LogP contribution in [0.5, 0.6) is 0 Å². The number of hydrogen-bond donors (Lipinski definition) is 0. The number of halogens is 1. The molecule has 0 bridgehead atoms. The standard InChI is InChI=1S/C18H19FN2O3/c1-13(14-2-5-16(19)6-3-14)24-18(22)15-4-7-17(20-12-15)21-8-10-23-11-9-21/h2-7,12-13H,8-11H2,1H3/t13-/m1/s1. The van der Waals surface area contributed by atoms with Crippen molar-refractivity contribution in [2.24, 2.45) is 0 Å². The smallest absolute Gasteiger partial charge is 0.340 e. The number of carbonyl (C=O) groups is 1. The Hall–Kier alpha value is -2.47. The summed E-state index contributed by atoms with van der Waals surface area (Å²) >= 11 is 0. The van der Waals surface area contributed by atoms with Crippen LogP contribution in [-0.2, 0) is 9.47 Å². The van der Waals surface area contributed by atoms with E-state index in [1.165, 1.54) is 18.3 Å². The van der Waals surface area contributed by atoms with Crippen molar-refractivity contribution in [3.8, 4) is 0 Å². The summed E-state index contributed by atoms with van der Waals surface area (Å²) in [5.74, 6) is 0.0504. The topological polar surface area (TPSA) is 51.7 Å². The van der Waals surface area contributed by atoms with E-state index in [-0.39, 0.29) is 5.82 Å². The molecule has 1 aliphatic rings. The first kappa shape index (κ1) is 16.4. The molecule has 0 N–H and O–H groups in total. The first-order chi connectivity index (χ1) is 11.6. The number of rotatable bonds is 4. The molecule has 0 aliphatic carbocycles. The molecule has 0 amide bonds. The molecular weight excluding hydrogens is 311 g/mol. The minimum absolute atomic E-state index is 0.319. The van der Waals surface area contributed by atoms with Crippen LogP contribution in [-0.4, -0.2) is 37.3 Å². The third kappa shape index (κ3) is 3.89. The van der Waals surface area contributed by atoms with Crippen LogP contribution < -0.4 is 4.90 Å². The Morgan fingerprint density at radius 3 is 2.54 bits per heavy atom. The van der Waals surface area contributed by atoms with Crippen LogP contribution in [0.25, 0.3) is 0 Å². The Bertz CT molecular complexity index is 682. The number of pyridine rings is 1. The van der Waals surface area contributed by atoms with Gasteiger partial charge in [-0.3, -0.25) is 0 Å². The van der Waals surface area contributed by atoms with Crippen molar-refractivity contribution in [1.29, 1.82) is 0 Å². The highest BCUT2D eigenvalue weighted by atomic mass is 19.1. The number of ether oxygens (including phenoxy) is 2. The minimum Gasteiger partial charge on any atom is -0.454 e. The fourth-order valence-corrected chi connectivity index (χ4v) is 2.52. The zero-order chi connectivity index (χ0) is 16.9. The predicted molar refractivity (Wildman–Crippen MR) is 87.5 cm³/mol. The molecule has 1 atom stereocenters. The maximum atomic E-state index is 12.9. The molecule has 1 aliphatic heterocycles. The summed E-state index contributed by atoms with van der Waals surface area (Å²) in [4.78, 5) is 18.7. The number of morpholine rings is 1. The quantitative estimate of drug-likeness (QED) is 0.807. The molecule has 1 saturated heterocycles. The molecule has 5 nitrogen and oxygen atoms in total. The van der Waals surface area contributed by atoms with Gasteiger partial charge in [0.25, 0.3) is 0 Å². The molecule has 0 unspecified atom stereocenters. The van der Waals surface area contributed by atoms with Crippen molar-refractivity contribution < 1.29 is 18.7 Å². The van der Waals surface area contributed by atoms with Crippen LogP contribution in [0.2, 0.25) is 0 Å². The third-order valence-electron chi connectivity index (χ3n) is 3.94. The summed E-state index contributed by atoms with van der Waals surface area (Å²) in [7, 11) is 0. The van der Waals surface area contributed by atoms with Gasteiger partial charge >= 0.3 is 5.97 Å². The van der Waals surface area contributed by atoms with Crippen molar-refractivity contribution in [3.63, 3.8) is 0 Å². The van der Waals surface area contributed by atoms with Gasteiger partial charge in [-0.05, 0) is 36.8 Å². The van der Waals surface area contributed by atoms with Crippen molar-refractivity contribution >= 4 is 11.8 Å². The molecule has 0 saturated carbocycles. The summed E-state index contributed by atoms with van der Waals surface area (Å²) in [6, 6.07) is 9.42. The van der Waals surface area contributed by atoms with Gasteiger partial charge in [-0.2, -0.15) is 0 Å². The first-order valence-corrected chi connectivity index (χ1v) is 7.88. The first-order valence-electron chi connectivity index (χ1n) is 7.88. The third-order valence-corrected chi connectivity index (χ3v) is 3.94. The molecule has 1 fully saturated rings. The van der Waals surface area contributed by atoms with Crippen LogP contribution in [0, 0.1) is 5.82 Å². The van der Waals surface area contributed by atoms with Crippen LogP contribution in [0.4, 0.5) is 10.2 Å². The lowest BCUT2D eigenvalue weighted by Crippen LogP contribution is -2.36. The van der Waals surface area contributed by atoms with E-state index in [0.717, 1.165) is 24.5 Å². The van der Waals surface area contributed by atoms with Gasteiger partial charge < -0.3 is 14.4 Å². The average molecular weight is 330 g/mol. The predicted octanol–water partition coefficient (Wildman–Crippen LogP) is 2.98. The Morgan fingerprint density at radius 2 is 1.92 bits per heavy atom. The zero-order valence-corrected chi connectivity index (χ0v) is 13.4. The molecule has 2 heterocycles. The summed E-state index contributed by atoms with van der Waals surface area (Å²) in [6.07, 6.45) is 1.06. The van der Waals surface area contributed by atoms with Gasteiger partial charge in [0.15, 0.2) is 0 Å². The lowest BCUT2D eigenvalue weighted by atomic mass is 10.1. The second kappa shape index (κ2) is 7.40. The van der Waals surface area contributed by atoms with Crippen molar-refractivity contribution in [3.05, 3.63) is 59.5 Å². The van der Waals surface area contributed by atoms with Gasteiger partial charge in [0.2, 0.25) is 0 Å². The van der Waals surface area contributed by atoms with Crippen molar-refractivity contribution in [1.82, 2.24) is 4.98 Å². The molecule has 24 heavy (non-hydrogen) atoms. The highest BCUT2D eigenvalue weighted by molar-refractivity contribution is 5.89. The summed E-state index contributed by atoms with van der Waals surface area (Å²) in [6.45, 7) is 4.69. The fraction of sp³-hybridized carbons (Fsp3) is 0.333. The molecule has 3 rings (SSSR count). The number of benzene rings is 1. The SMILES string of the molecule is C[C@@H](OC(=O)c1ccc(N2CCOCC2)nc1)c1ccc(F)cc1. The molecule has 126 valence electrons. The van der Waals surface area contributed by atoms with Crippen molar-refractivity contribution in [2.45, 2.75) is 13.0 Å². The average Bonchev–Trinajstić information content (AvgIpc) is 2.63.